The molecule has 4 aromatic carbocycles. The summed E-state index contributed by atoms with van der Waals surface area (Å²) in [5, 5.41) is 21.2. The van der Waals surface area contributed by atoms with E-state index in [0.29, 0.717) is 28.0 Å². The number of carbonyl (C=O) groups is 1. The van der Waals surface area contributed by atoms with Crippen LogP contribution in [0.5, 0.6) is 11.5 Å². The Morgan fingerprint density at radius 1 is 0.702 bits per heavy atom. The molecule has 4 aliphatic rings. The summed E-state index contributed by atoms with van der Waals surface area (Å²) < 4.78 is 1.19. The number of hydrogen-bond acceptors (Lipinski definition) is 5. The van der Waals surface area contributed by atoms with Gasteiger partial charge in [-0.05, 0) is 127 Å². The van der Waals surface area contributed by atoms with Crippen molar-refractivity contribution in [1.29, 1.82) is 0 Å². The third kappa shape index (κ3) is 5.91. The molecule has 2 aliphatic heterocycles. The molecule has 47 heavy (non-hydrogen) atoms. The van der Waals surface area contributed by atoms with Gasteiger partial charge in [0.25, 0.3) is 0 Å². The van der Waals surface area contributed by atoms with Crippen molar-refractivity contribution in [2.24, 2.45) is 0 Å². The Hall–Kier alpha value is -2.87. The predicted molar refractivity (Wildman–Crippen MR) is 193 cm³/mol. The summed E-state index contributed by atoms with van der Waals surface area (Å²) >= 11 is 16.0. The van der Waals surface area contributed by atoms with E-state index in [1.807, 2.05) is 36.4 Å². The van der Waals surface area contributed by atoms with E-state index in [2.05, 4.69) is 64.1 Å². The van der Waals surface area contributed by atoms with Crippen molar-refractivity contribution in [1.82, 2.24) is 9.80 Å². The third-order valence-electron chi connectivity index (χ3n) is 11.0. The number of halogens is 3. The fourth-order valence-corrected chi connectivity index (χ4v) is 9.60. The fraction of sp³-hybridized carbons (Fsp3) is 0.359. The quantitative estimate of drug-likeness (QED) is 0.192. The van der Waals surface area contributed by atoms with Gasteiger partial charge in [-0.25, -0.2) is 0 Å². The van der Waals surface area contributed by atoms with Crippen LogP contribution < -0.4 is 0 Å². The van der Waals surface area contributed by atoms with Crippen LogP contribution in [0.3, 0.4) is 0 Å². The average Bonchev–Trinajstić information content (AvgIpc) is 3.29. The molecule has 0 amide bonds. The Balaban J connectivity index is 0.000000150. The van der Waals surface area contributed by atoms with Crippen molar-refractivity contribution in [3.8, 4) is 11.5 Å². The summed E-state index contributed by atoms with van der Waals surface area (Å²) in [5.74, 6) is 0.787. The van der Waals surface area contributed by atoms with Crippen LogP contribution in [0, 0.1) is 0 Å². The van der Waals surface area contributed by atoms with Gasteiger partial charge in [-0.15, -0.1) is 0 Å². The molecule has 244 valence electrons. The minimum absolute atomic E-state index is 0.136. The number of nitrogens with zero attached hydrogens (tertiary/aromatic N) is 2. The number of rotatable bonds is 1. The highest BCUT2D eigenvalue weighted by molar-refractivity contribution is 9.10. The SMILES string of the molecule is CN1CCc2cc(Cl)c(O)cc2[C@H]2c3cccc(Br)c3CC[C@@H]21.CN1CCc2cc(Cl)c(O)cc2[C@H]2c3cccc(C=O)c3CC[C@@H]21. The number of phenolic OH excluding ortho intramolecular Hbond substituents is 2. The van der Waals surface area contributed by atoms with Crippen LogP contribution in [0.2, 0.25) is 10.0 Å². The lowest BCUT2D eigenvalue weighted by molar-refractivity contribution is 0.112. The first kappa shape index (κ1) is 32.7. The van der Waals surface area contributed by atoms with Crippen LogP contribution in [-0.2, 0) is 25.7 Å². The molecule has 0 saturated carbocycles. The highest BCUT2D eigenvalue weighted by Crippen LogP contribution is 2.47. The van der Waals surface area contributed by atoms with Crippen molar-refractivity contribution >= 4 is 45.4 Å². The van der Waals surface area contributed by atoms with E-state index in [9.17, 15) is 15.0 Å². The molecule has 0 fully saturated rings. The molecule has 0 spiro atoms. The zero-order valence-corrected chi connectivity index (χ0v) is 29.7. The molecular weight excluding hydrogens is 695 g/mol. The molecule has 0 saturated heterocycles. The van der Waals surface area contributed by atoms with E-state index in [1.54, 1.807) is 0 Å². The number of phenols is 2. The van der Waals surface area contributed by atoms with Crippen LogP contribution >= 0.6 is 39.1 Å². The Bertz CT molecular complexity index is 1860. The van der Waals surface area contributed by atoms with Crippen LogP contribution in [-0.4, -0.2) is 65.6 Å². The first-order chi connectivity index (χ1) is 22.7. The molecular formula is C39H39BrCl2N2O3. The molecule has 0 unspecified atom stereocenters. The summed E-state index contributed by atoms with van der Waals surface area (Å²) in [6.45, 7) is 2.00. The maximum absolute atomic E-state index is 11.4. The van der Waals surface area contributed by atoms with Gasteiger partial charge in [-0.2, -0.15) is 0 Å². The summed E-state index contributed by atoms with van der Waals surface area (Å²) in [6.07, 6.45) is 7.02. The van der Waals surface area contributed by atoms with E-state index in [4.69, 9.17) is 23.2 Å². The molecule has 4 atom stereocenters. The third-order valence-corrected chi connectivity index (χ3v) is 12.4. The van der Waals surface area contributed by atoms with E-state index in [-0.39, 0.29) is 17.4 Å². The minimum Gasteiger partial charge on any atom is -0.506 e. The lowest BCUT2D eigenvalue weighted by Crippen LogP contribution is -2.39. The number of hydrogen-bond donors (Lipinski definition) is 2. The molecule has 2 aliphatic carbocycles. The standard InChI is InChI=1S/C20H20ClNO2.C19H19BrClNO/c1-22-8-7-12-9-17(21)19(24)10-16(12)20-15-4-2-3-13(11-23)14(15)5-6-18(20)22;1-22-8-7-11-9-16(21)18(23)10-14(11)19-13-3-2-4-15(20)12(13)5-6-17(19)22/h2-4,9-11,18,20,24H,5-8H2,1H3;2-4,9-10,17,19,23H,5-8H2,1H3/t18-,20+;17-,19+/m00/s1. The number of carbonyl (C=O) groups excluding carboxylic acids is 1. The number of aldehydes is 1. The van der Waals surface area contributed by atoms with E-state index < -0.39 is 0 Å². The average molecular weight is 735 g/mol. The van der Waals surface area contributed by atoms with Crippen molar-refractivity contribution in [2.75, 3.05) is 27.2 Å². The summed E-state index contributed by atoms with van der Waals surface area (Å²) in [4.78, 5) is 16.3. The lowest BCUT2D eigenvalue weighted by atomic mass is 9.73. The van der Waals surface area contributed by atoms with Crippen LogP contribution in [0.4, 0.5) is 0 Å². The Morgan fingerprint density at radius 3 is 1.72 bits per heavy atom. The van der Waals surface area contributed by atoms with Gasteiger partial charge in [0, 0.05) is 47.0 Å². The maximum Gasteiger partial charge on any atom is 0.150 e. The van der Waals surface area contributed by atoms with Crippen molar-refractivity contribution in [3.05, 3.63) is 125 Å². The molecule has 2 N–H and O–H groups in total. The van der Waals surface area contributed by atoms with E-state index in [1.165, 1.54) is 37.9 Å². The van der Waals surface area contributed by atoms with Crippen molar-refractivity contribution in [2.45, 2.75) is 62.4 Å². The number of likely N-dealkylation sites (N-methyl/N-ethyl adjacent to an activating group) is 2. The molecule has 8 rings (SSSR count). The van der Waals surface area contributed by atoms with Crippen LogP contribution in [0.15, 0.2) is 65.1 Å². The van der Waals surface area contributed by atoms with Gasteiger partial charge in [0.05, 0.1) is 10.0 Å². The second kappa shape index (κ2) is 13.2. The van der Waals surface area contributed by atoms with Gasteiger partial charge in [-0.1, -0.05) is 69.5 Å². The topological polar surface area (TPSA) is 64.0 Å². The van der Waals surface area contributed by atoms with Crippen molar-refractivity contribution < 1.29 is 15.0 Å². The van der Waals surface area contributed by atoms with Gasteiger partial charge in [-0.3, -0.25) is 4.79 Å². The second-order valence-corrected chi connectivity index (χ2v) is 15.1. The summed E-state index contributed by atoms with van der Waals surface area (Å²) in [6, 6.07) is 20.9. The van der Waals surface area contributed by atoms with Gasteiger partial charge < -0.3 is 20.0 Å². The van der Waals surface area contributed by atoms with E-state index >= 15 is 0 Å². The zero-order valence-electron chi connectivity index (χ0n) is 26.6. The Labute approximate surface area is 295 Å². The maximum atomic E-state index is 11.4. The number of benzene rings is 4. The molecule has 0 radical (unpaired) electrons. The van der Waals surface area contributed by atoms with Crippen LogP contribution in [0.25, 0.3) is 0 Å². The smallest absolute Gasteiger partial charge is 0.150 e. The molecule has 5 nitrogen and oxygen atoms in total. The van der Waals surface area contributed by atoms with Gasteiger partial charge >= 0.3 is 0 Å². The largest absolute Gasteiger partial charge is 0.506 e. The molecule has 4 aromatic rings. The summed E-state index contributed by atoms with van der Waals surface area (Å²) in [5.41, 5.74) is 10.8. The first-order valence-electron chi connectivity index (χ1n) is 16.4. The van der Waals surface area contributed by atoms with Gasteiger partial charge in [0.1, 0.15) is 17.8 Å². The fourth-order valence-electron chi connectivity index (χ4n) is 8.65. The normalized spacial score (nSPS) is 23.3. The van der Waals surface area contributed by atoms with E-state index in [0.717, 1.165) is 74.6 Å². The van der Waals surface area contributed by atoms with Gasteiger partial charge in [0.2, 0.25) is 0 Å². The second-order valence-electron chi connectivity index (χ2n) is 13.5. The number of aromatic hydroxyl groups is 2. The molecule has 2 heterocycles. The highest BCUT2D eigenvalue weighted by atomic mass is 79.9. The lowest BCUT2D eigenvalue weighted by Gasteiger charge is -2.38. The van der Waals surface area contributed by atoms with Gasteiger partial charge in [0.15, 0.2) is 0 Å². The molecule has 0 aromatic heterocycles. The van der Waals surface area contributed by atoms with Crippen molar-refractivity contribution in [3.63, 3.8) is 0 Å². The molecule has 0 bridgehead atoms. The summed E-state index contributed by atoms with van der Waals surface area (Å²) in [7, 11) is 4.38. The highest BCUT2D eigenvalue weighted by Gasteiger charge is 2.39. The first-order valence-corrected chi connectivity index (χ1v) is 18.0. The zero-order chi connectivity index (χ0) is 33.0. The van der Waals surface area contributed by atoms with Crippen LogP contribution in [0.1, 0.15) is 79.5 Å². The number of fused-ring (bicyclic) bond motifs is 10. The molecule has 8 heteroatoms. The predicted octanol–water partition coefficient (Wildman–Crippen LogP) is 8.54. The minimum atomic E-state index is 0.136. The monoisotopic (exact) mass is 732 g/mol. The Kier molecular flexibility index (Phi) is 9.18. The Morgan fingerprint density at radius 2 is 1.19 bits per heavy atom.